The Morgan fingerprint density at radius 3 is 2.63 bits per heavy atom. The van der Waals surface area contributed by atoms with Crippen LogP contribution in [0.1, 0.15) is 32.1 Å². The van der Waals surface area contributed by atoms with Gasteiger partial charge in [-0.05, 0) is 37.3 Å². The van der Waals surface area contributed by atoms with Gasteiger partial charge in [0.15, 0.2) is 0 Å². The summed E-state index contributed by atoms with van der Waals surface area (Å²) in [5, 5.41) is 9.23. The molecule has 0 unspecified atom stereocenters. The highest BCUT2D eigenvalue weighted by molar-refractivity contribution is 5.45. The molecule has 0 aliphatic heterocycles. The molecule has 0 N–H and O–H groups in total. The summed E-state index contributed by atoms with van der Waals surface area (Å²) < 4.78 is 0. The molecule has 0 heterocycles. The topological polar surface area (TPSA) is 27.0 Å². The molecule has 0 spiro atoms. The predicted octanol–water partition coefficient (Wildman–Crippen LogP) is 4.15. The monoisotopic (exact) mass is 254 g/mol. The lowest BCUT2D eigenvalue weighted by Gasteiger charge is -2.19. The standard InChI is InChI=1S/C17H22N2/c1-19(17-9-3-2-4-10-17)12-11-16(14-18)13-15-7-5-6-8-15/h2-4,9-10,13,15H,5-8,11-12H2,1H3. The van der Waals surface area contributed by atoms with E-state index in [0.717, 1.165) is 18.5 Å². The second-order valence-corrected chi connectivity index (χ2v) is 5.36. The number of para-hydroxylation sites is 1. The molecular formula is C17H22N2. The van der Waals surface area contributed by atoms with E-state index < -0.39 is 0 Å². The summed E-state index contributed by atoms with van der Waals surface area (Å²) in [6, 6.07) is 12.7. The molecule has 0 saturated heterocycles. The van der Waals surface area contributed by atoms with Gasteiger partial charge in [-0.15, -0.1) is 0 Å². The molecule has 19 heavy (non-hydrogen) atoms. The van der Waals surface area contributed by atoms with E-state index in [1.165, 1.54) is 31.4 Å². The first-order valence-corrected chi connectivity index (χ1v) is 7.16. The molecule has 2 rings (SSSR count). The lowest BCUT2D eigenvalue weighted by atomic mass is 10.0. The number of rotatable bonds is 5. The van der Waals surface area contributed by atoms with Gasteiger partial charge in [0.05, 0.1) is 6.07 Å². The Morgan fingerprint density at radius 1 is 1.32 bits per heavy atom. The number of nitriles is 1. The van der Waals surface area contributed by atoms with Crippen molar-refractivity contribution in [3.63, 3.8) is 0 Å². The van der Waals surface area contributed by atoms with Crippen molar-refractivity contribution in [3.05, 3.63) is 42.0 Å². The summed E-state index contributed by atoms with van der Waals surface area (Å²) in [7, 11) is 2.08. The van der Waals surface area contributed by atoms with E-state index in [4.69, 9.17) is 0 Å². The summed E-state index contributed by atoms with van der Waals surface area (Å²) in [6.07, 6.45) is 8.23. The van der Waals surface area contributed by atoms with Crippen LogP contribution in [0.25, 0.3) is 0 Å². The van der Waals surface area contributed by atoms with Gasteiger partial charge in [0.25, 0.3) is 0 Å². The first-order chi connectivity index (χ1) is 9.29. The second-order valence-electron chi connectivity index (χ2n) is 5.36. The average molecular weight is 254 g/mol. The van der Waals surface area contributed by atoms with E-state index in [1.54, 1.807) is 0 Å². The molecular weight excluding hydrogens is 232 g/mol. The highest BCUT2D eigenvalue weighted by atomic mass is 15.1. The zero-order valence-corrected chi connectivity index (χ0v) is 11.7. The number of benzene rings is 1. The van der Waals surface area contributed by atoms with Crippen LogP contribution in [0.4, 0.5) is 5.69 Å². The maximum atomic E-state index is 9.23. The zero-order valence-electron chi connectivity index (χ0n) is 11.7. The van der Waals surface area contributed by atoms with E-state index in [1.807, 2.05) is 18.2 Å². The van der Waals surface area contributed by atoms with Gasteiger partial charge >= 0.3 is 0 Å². The third-order valence-corrected chi connectivity index (χ3v) is 3.89. The molecule has 1 aliphatic carbocycles. The lowest BCUT2D eigenvalue weighted by molar-refractivity contribution is 0.678. The molecule has 1 saturated carbocycles. The van der Waals surface area contributed by atoms with Crippen molar-refractivity contribution in [2.75, 3.05) is 18.5 Å². The Hall–Kier alpha value is -1.75. The normalized spacial score (nSPS) is 16.3. The molecule has 0 radical (unpaired) electrons. The van der Waals surface area contributed by atoms with Crippen LogP contribution in [0.3, 0.4) is 0 Å². The van der Waals surface area contributed by atoms with Crippen molar-refractivity contribution in [1.29, 1.82) is 5.26 Å². The first kappa shape index (κ1) is 13.7. The number of allylic oxidation sites excluding steroid dienone is 1. The van der Waals surface area contributed by atoms with Gasteiger partial charge in [-0.1, -0.05) is 37.1 Å². The smallest absolute Gasteiger partial charge is 0.0944 e. The fourth-order valence-corrected chi connectivity index (χ4v) is 2.68. The minimum absolute atomic E-state index is 0.650. The number of hydrogen-bond donors (Lipinski definition) is 0. The lowest BCUT2D eigenvalue weighted by Crippen LogP contribution is -2.18. The van der Waals surface area contributed by atoms with Gasteiger partial charge < -0.3 is 4.90 Å². The van der Waals surface area contributed by atoms with Gasteiger partial charge in [0.1, 0.15) is 0 Å². The second kappa shape index (κ2) is 6.99. The maximum Gasteiger partial charge on any atom is 0.0944 e. The Bertz CT molecular complexity index is 450. The molecule has 0 aromatic heterocycles. The SMILES string of the molecule is CN(CCC(C#N)=CC1CCCC1)c1ccccc1. The summed E-state index contributed by atoms with van der Waals surface area (Å²) in [6.45, 7) is 0.899. The van der Waals surface area contributed by atoms with Gasteiger partial charge in [-0.3, -0.25) is 0 Å². The quantitative estimate of drug-likeness (QED) is 0.738. The van der Waals surface area contributed by atoms with Crippen LogP contribution in [0.5, 0.6) is 0 Å². The van der Waals surface area contributed by atoms with Crippen molar-refractivity contribution in [2.45, 2.75) is 32.1 Å². The predicted molar refractivity (Wildman–Crippen MR) is 80.0 cm³/mol. The van der Waals surface area contributed by atoms with Crippen molar-refractivity contribution in [2.24, 2.45) is 5.92 Å². The van der Waals surface area contributed by atoms with Crippen molar-refractivity contribution in [3.8, 4) is 6.07 Å². The number of nitrogens with zero attached hydrogens (tertiary/aromatic N) is 2. The van der Waals surface area contributed by atoms with E-state index in [9.17, 15) is 5.26 Å². The van der Waals surface area contributed by atoms with Crippen LogP contribution in [0.2, 0.25) is 0 Å². The first-order valence-electron chi connectivity index (χ1n) is 7.16. The Labute approximate surface area is 116 Å². The molecule has 1 aliphatic rings. The zero-order chi connectivity index (χ0) is 13.5. The van der Waals surface area contributed by atoms with Gasteiger partial charge in [-0.2, -0.15) is 5.26 Å². The van der Waals surface area contributed by atoms with Crippen LogP contribution >= 0.6 is 0 Å². The summed E-state index contributed by atoms with van der Waals surface area (Å²) >= 11 is 0. The van der Waals surface area contributed by atoms with Crippen LogP contribution < -0.4 is 4.90 Å². The third-order valence-electron chi connectivity index (χ3n) is 3.89. The third kappa shape index (κ3) is 4.13. The summed E-state index contributed by atoms with van der Waals surface area (Å²) in [5.74, 6) is 0.650. The number of anilines is 1. The fraction of sp³-hybridized carbons (Fsp3) is 0.471. The molecule has 2 heteroatoms. The average Bonchev–Trinajstić information content (AvgIpc) is 2.97. The summed E-state index contributed by atoms with van der Waals surface area (Å²) in [4.78, 5) is 2.21. The van der Waals surface area contributed by atoms with Crippen LogP contribution in [0.15, 0.2) is 42.0 Å². The Kier molecular flexibility index (Phi) is 5.03. The van der Waals surface area contributed by atoms with Gasteiger partial charge in [-0.25, -0.2) is 0 Å². The van der Waals surface area contributed by atoms with Crippen molar-refractivity contribution >= 4 is 5.69 Å². The highest BCUT2D eigenvalue weighted by Gasteiger charge is 2.13. The molecule has 0 bridgehead atoms. The Balaban J connectivity index is 1.88. The van der Waals surface area contributed by atoms with E-state index >= 15 is 0 Å². The molecule has 100 valence electrons. The van der Waals surface area contributed by atoms with E-state index in [2.05, 4.69) is 36.2 Å². The minimum atomic E-state index is 0.650. The van der Waals surface area contributed by atoms with Crippen molar-refractivity contribution in [1.82, 2.24) is 0 Å². The highest BCUT2D eigenvalue weighted by Crippen LogP contribution is 2.27. The van der Waals surface area contributed by atoms with Crippen LogP contribution in [-0.4, -0.2) is 13.6 Å². The van der Waals surface area contributed by atoms with Crippen LogP contribution in [0, 0.1) is 17.2 Å². The molecule has 0 atom stereocenters. The molecule has 1 aromatic carbocycles. The molecule has 1 aromatic rings. The molecule has 1 fully saturated rings. The largest absolute Gasteiger partial charge is 0.374 e. The fourth-order valence-electron chi connectivity index (χ4n) is 2.68. The van der Waals surface area contributed by atoms with Gasteiger partial charge in [0.2, 0.25) is 0 Å². The Morgan fingerprint density at radius 2 is 2.00 bits per heavy atom. The van der Waals surface area contributed by atoms with Gasteiger partial charge in [0, 0.05) is 24.9 Å². The van der Waals surface area contributed by atoms with E-state index in [-0.39, 0.29) is 0 Å². The summed E-state index contributed by atoms with van der Waals surface area (Å²) in [5.41, 5.74) is 2.16. The molecule has 2 nitrogen and oxygen atoms in total. The van der Waals surface area contributed by atoms with Crippen molar-refractivity contribution < 1.29 is 0 Å². The van der Waals surface area contributed by atoms with E-state index in [0.29, 0.717) is 5.92 Å². The maximum absolute atomic E-state index is 9.23. The van der Waals surface area contributed by atoms with Crippen LogP contribution in [-0.2, 0) is 0 Å². The number of hydrogen-bond acceptors (Lipinski definition) is 2. The minimum Gasteiger partial charge on any atom is -0.374 e. The molecule has 0 amide bonds.